The Morgan fingerprint density at radius 3 is 2.70 bits per heavy atom. The van der Waals surface area contributed by atoms with Crippen molar-refractivity contribution in [1.29, 1.82) is 0 Å². The molecule has 0 unspecified atom stereocenters. The van der Waals surface area contributed by atoms with Crippen LogP contribution in [-0.4, -0.2) is 37.0 Å². The molecule has 5 nitrogen and oxygen atoms in total. The average molecular weight is 274 g/mol. The molecule has 1 atom stereocenters. The van der Waals surface area contributed by atoms with Crippen molar-refractivity contribution in [1.82, 2.24) is 5.32 Å². The number of hydrogen-bond acceptors (Lipinski definition) is 4. The van der Waals surface area contributed by atoms with Gasteiger partial charge in [-0.15, -0.1) is 0 Å². The number of hydrogen-bond donors (Lipinski definition) is 1. The first-order chi connectivity index (χ1) is 9.83. The van der Waals surface area contributed by atoms with Crippen LogP contribution in [0.3, 0.4) is 0 Å². The van der Waals surface area contributed by atoms with Crippen molar-refractivity contribution in [2.45, 2.75) is 31.4 Å². The lowest BCUT2D eigenvalue weighted by molar-refractivity contribution is -0.132. The highest BCUT2D eigenvalue weighted by atomic mass is 16.6. The fourth-order valence-electron chi connectivity index (χ4n) is 2.46. The average Bonchev–Trinajstić information content (AvgIpc) is 2.99. The summed E-state index contributed by atoms with van der Waals surface area (Å²) in [6.45, 7) is 1.42. The van der Waals surface area contributed by atoms with Gasteiger partial charge in [-0.2, -0.15) is 0 Å². The number of amides is 1. The Morgan fingerprint density at radius 1 is 1.20 bits per heavy atom. The van der Waals surface area contributed by atoms with Crippen molar-refractivity contribution in [3.63, 3.8) is 0 Å². The second kappa shape index (κ2) is 6.05. The van der Waals surface area contributed by atoms with Gasteiger partial charge in [0.2, 0.25) is 6.10 Å². The quantitative estimate of drug-likeness (QED) is 0.908. The van der Waals surface area contributed by atoms with Gasteiger partial charge >= 0.3 is 0 Å². The molecule has 1 amide bonds. The van der Waals surface area contributed by atoms with Crippen molar-refractivity contribution < 1.29 is 14.4 Å². The highest BCUT2D eigenvalue weighted by Crippen LogP contribution is 2.17. The Morgan fingerprint density at radius 2 is 1.95 bits per heavy atom. The highest BCUT2D eigenvalue weighted by molar-refractivity contribution is 6.04. The molecule has 2 aliphatic rings. The van der Waals surface area contributed by atoms with Gasteiger partial charge in [0, 0.05) is 25.7 Å². The summed E-state index contributed by atoms with van der Waals surface area (Å²) in [5, 5.41) is 7.05. The van der Waals surface area contributed by atoms with Gasteiger partial charge in [0.1, 0.15) is 0 Å². The van der Waals surface area contributed by atoms with Gasteiger partial charge in [-0.1, -0.05) is 35.5 Å². The molecule has 0 bridgehead atoms. The molecule has 3 rings (SSSR count). The van der Waals surface area contributed by atoms with Crippen molar-refractivity contribution >= 4 is 11.6 Å². The third kappa shape index (κ3) is 2.99. The Balaban J connectivity index is 1.54. The van der Waals surface area contributed by atoms with Crippen LogP contribution in [0, 0.1) is 0 Å². The minimum atomic E-state index is -0.506. The predicted molar refractivity (Wildman–Crippen MR) is 74.5 cm³/mol. The fourth-order valence-corrected chi connectivity index (χ4v) is 2.46. The summed E-state index contributed by atoms with van der Waals surface area (Å²) in [6.07, 6.45) is 1.75. The number of nitrogens with one attached hydrogen (secondary N) is 1. The summed E-state index contributed by atoms with van der Waals surface area (Å²) in [5.74, 6) is -0.0772. The van der Waals surface area contributed by atoms with Crippen LogP contribution in [0.15, 0.2) is 35.5 Å². The zero-order valence-electron chi connectivity index (χ0n) is 11.2. The summed E-state index contributed by atoms with van der Waals surface area (Å²) < 4.78 is 5.28. The van der Waals surface area contributed by atoms with E-state index in [1.54, 1.807) is 0 Å². The molecule has 1 aromatic carbocycles. The lowest BCUT2D eigenvalue weighted by Crippen LogP contribution is -2.44. The van der Waals surface area contributed by atoms with Gasteiger partial charge in [-0.3, -0.25) is 4.79 Å². The molecule has 0 aliphatic carbocycles. The second-order valence-electron chi connectivity index (χ2n) is 5.10. The lowest BCUT2D eigenvalue weighted by atomic mass is 10.0. The number of carbonyl (C=O) groups excluding carboxylic acids is 1. The van der Waals surface area contributed by atoms with Crippen LogP contribution >= 0.6 is 0 Å². The van der Waals surface area contributed by atoms with E-state index in [0.29, 0.717) is 19.6 Å². The minimum absolute atomic E-state index is 0.0772. The SMILES string of the molecule is O=C(NC1CCOCC1)[C@H]1CC(c2ccccc2)=NO1. The van der Waals surface area contributed by atoms with Crippen LogP contribution in [0.1, 0.15) is 24.8 Å². The van der Waals surface area contributed by atoms with Crippen LogP contribution < -0.4 is 5.32 Å². The Labute approximate surface area is 117 Å². The third-order valence-electron chi connectivity index (χ3n) is 3.64. The lowest BCUT2D eigenvalue weighted by Gasteiger charge is -2.23. The van der Waals surface area contributed by atoms with E-state index in [9.17, 15) is 4.79 Å². The maximum Gasteiger partial charge on any atom is 0.264 e. The number of nitrogens with zero attached hydrogens (tertiary/aromatic N) is 1. The van der Waals surface area contributed by atoms with E-state index in [4.69, 9.17) is 9.57 Å². The number of rotatable bonds is 3. The Bertz CT molecular complexity index is 495. The molecule has 0 spiro atoms. The van der Waals surface area contributed by atoms with E-state index in [0.717, 1.165) is 24.1 Å². The molecule has 0 aromatic heterocycles. The molecular formula is C15H18N2O3. The maximum absolute atomic E-state index is 12.1. The van der Waals surface area contributed by atoms with E-state index in [1.807, 2.05) is 30.3 Å². The first-order valence-electron chi connectivity index (χ1n) is 6.99. The molecule has 1 saturated heterocycles. The molecule has 2 aliphatic heterocycles. The third-order valence-corrected chi connectivity index (χ3v) is 3.64. The van der Waals surface area contributed by atoms with Crippen molar-refractivity contribution in [3.05, 3.63) is 35.9 Å². The van der Waals surface area contributed by atoms with E-state index in [1.165, 1.54) is 0 Å². The second-order valence-corrected chi connectivity index (χ2v) is 5.10. The normalized spacial score (nSPS) is 23.0. The number of carbonyl (C=O) groups is 1. The molecule has 1 N–H and O–H groups in total. The monoisotopic (exact) mass is 274 g/mol. The molecule has 0 radical (unpaired) electrons. The number of ether oxygens (including phenoxy) is 1. The molecule has 1 aromatic rings. The smallest absolute Gasteiger partial charge is 0.264 e. The van der Waals surface area contributed by atoms with E-state index >= 15 is 0 Å². The summed E-state index contributed by atoms with van der Waals surface area (Å²) in [4.78, 5) is 17.4. The zero-order valence-corrected chi connectivity index (χ0v) is 11.2. The standard InChI is InChI=1S/C15H18N2O3/c18-15(16-12-6-8-19-9-7-12)14-10-13(17-20-14)11-4-2-1-3-5-11/h1-5,12,14H,6-10H2,(H,16,18)/t14-/m1/s1. The fraction of sp³-hybridized carbons (Fsp3) is 0.467. The Kier molecular flexibility index (Phi) is 3.97. The first kappa shape index (κ1) is 13.1. The van der Waals surface area contributed by atoms with E-state index in [-0.39, 0.29) is 11.9 Å². The number of benzene rings is 1. The highest BCUT2D eigenvalue weighted by Gasteiger charge is 2.30. The van der Waals surface area contributed by atoms with Crippen LogP contribution in [0.25, 0.3) is 0 Å². The van der Waals surface area contributed by atoms with Gasteiger partial charge in [0.05, 0.1) is 5.71 Å². The van der Waals surface area contributed by atoms with Crippen molar-refractivity contribution in [2.75, 3.05) is 13.2 Å². The van der Waals surface area contributed by atoms with Gasteiger partial charge in [-0.05, 0) is 18.4 Å². The summed E-state index contributed by atoms with van der Waals surface area (Å²) in [5.41, 5.74) is 1.84. The molecule has 0 saturated carbocycles. The summed E-state index contributed by atoms with van der Waals surface area (Å²) in [7, 11) is 0. The molecule has 1 fully saturated rings. The van der Waals surface area contributed by atoms with Crippen LogP contribution in [0.2, 0.25) is 0 Å². The maximum atomic E-state index is 12.1. The van der Waals surface area contributed by atoms with Crippen molar-refractivity contribution in [2.24, 2.45) is 5.16 Å². The molecule has 5 heteroatoms. The van der Waals surface area contributed by atoms with E-state index < -0.39 is 6.10 Å². The van der Waals surface area contributed by atoms with E-state index in [2.05, 4.69) is 10.5 Å². The van der Waals surface area contributed by atoms with Gasteiger partial charge in [-0.25, -0.2) is 0 Å². The van der Waals surface area contributed by atoms with Gasteiger partial charge in [0.15, 0.2) is 0 Å². The van der Waals surface area contributed by atoms with Crippen LogP contribution in [0.5, 0.6) is 0 Å². The Hall–Kier alpha value is -1.88. The predicted octanol–water partition coefficient (Wildman–Crippen LogP) is 1.47. The van der Waals surface area contributed by atoms with Gasteiger partial charge < -0.3 is 14.9 Å². The molecule has 2 heterocycles. The topological polar surface area (TPSA) is 59.9 Å². The van der Waals surface area contributed by atoms with Gasteiger partial charge in [0.25, 0.3) is 5.91 Å². The largest absolute Gasteiger partial charge is 0.382 e. The van der Waals surface area contributed by atoms with Crippen LogP contribution in [-0.2, 0) is 14.4 Å². The van der Waals surface area contributed by atoms with Crippen LogP contribution in [0.4, 0.5) is 0 Å². The summed E-state index contributed by atoms with van der Waals surface area (Å²) >= 11 is 0. The molecule has 106 valence electrons. The van der Waals surface area contributed by atoms with Crippen molar-refractivity contribution in [3.8, 4) is 0 Å². The zero-order chi connectivity index (χ0) is 13.8. The molecular weight excluding hydrogens is 256 g/mol. The number of oxime groups is 1. The molecule has 20 heavy (non-hydrogen) atoms. The summed E-state index contributed by atoms with van der Waals surface area (Å²) in [6, 6.07) is 10.00. The minimum Gasteiger partial charge on any atom is -0.382 e. The first-order valence-corrected chi connectivity index (χ1v) is 6.99.